The van der Waals surface area contributed by atoms with Gasteiger partial charge in [-0.1, -0.05) is 152 Å². The highest BCUT2D eigenvalue weighted by molar-refractivity contribution is 5.69. The summed E-state index contributed by atoms with van der Waals surface area (Å²) in [7, 11) is 0. The molecule has 0 bridgehead atoms. The molecule has 4 heteroatoms. The van der Waals surface area contributed by atoms with Crippen LogP contribution in [0.15, 0.2) is 48.6 Å². The van der Waals surface area contributed by atoms with Crippen LogP contribution in [0.2, 0.25) is 0 Å². The number of carboxylic acids is 1. The zero-order valence-electron chi connectivity index (χ0n) is 31.8. The number of carbonyl (C=O) groups excluding carboxylic acids is 1. The number of esters is 1. The summed E-state index contributed by atoms with van der Waals surface area (Å²) in [6.07, 6.45) is 52.7. The van der Waals surface area contributed by atoms with Crippen LogP contribution in [0.3, 0.4) is 0 Å². The Labute approximate surface area is 298 Å². The zero-order chi connectivity index (χ0) is 35.0. The quantitative estimate of drug-likeness (QED) is 0.0406. The molecule has 0 aliphatic heterocycles. The summed E-state index contributed by atoms with van der Waals surface area (Å²) in [5.74, 6) is -0.727. The van der Waals surface area contributed by atoms with Gasteiger partial charge in [0.05, 0.1) is 0 Å². The second-order valence-electron chi connectivity index (χ2n) is 13.8. The van der Waals surface area contributed by atoms with Crippen LogP contribution in [0.25, 0.3) is 0 Å². The number of carboxylic acid groups (broad SMARTS) is 1. The molecule has 278 valence electrons. The summed E-state index contributed by atoms with van der Waals surface area (Å²) in [6.45, 7) is 4.44. The first-order valence-corrected chi connectivity index (χ1v) is 20.6. The first-order chi connectivity index (χ1) is 23.6. The van der Waals surface area contributed by atoms with Crippen molar-refractivity contribution in [2.24, 2.45) is 0 Å². The molecule has 0 amide bonds. The molecule has 0 radical (unpaired) electrons. The lowest BCUT2D eigenvalue weighted by atomic mass is 10.0. The van der Waals surface area contributed by atoms with Crippen LogP contribution in [0, 0.1) is 0 Å². The van der Waals surface area contributed by atoms with Gasteiger partial charge in [-0.3, -0.25) is 9.59 Å². The van der Waals surface area contributed by atoms with E-state index in [1.807, 2.05) is 0 Å². The molecule has 0 aromatic heterocycles. The van der Waals surface area contributed by atoms with Crippen molar-refractivity contribution in [1.82, 2.24) is 0 Å². The Bertz CT molecular complexity index is 809. The van der Waals surface area contributed by atoms with Crippen molar-refractivity contribution in [3.8, 4) is 0 Å². The molecule has 48 heavy (non-hydrogen) atoms. The van der Waals surface area contributed by atoms with Gasteiger partial charge < -0.3 is 9.84 Å². The van der Waals surface area contributed by atoms with E-state index in [2.05, 4.69) is 62.5 Å². The Hall–Kier alpha value is -2.10. The summed E-state index contributed by atoms with van der Waals surface area (Å²) in [4.78, 5) is 23.4. The number of aliphatic carboxylic acids is 1. The molecule has 0 saturated carbocycles. The van der Waals surface area contributed by atoms with E-state index in [1.54, 1.807) is 0 Å². The fourth-order valence-electron chi connectivity index (χ4n) is 6.02. The number of allylic oxidation sites excluding steroid dienone is 8. The topological polar surface area (TPSA) is 63.6 Å². The predicted molar refractivity (Wildman–Crippen MR) is 209 cm³/mol. The van der Waals surface area contributed by atoms with Crippen molar-refractivity contribution < 1.29 is 19.4 Å². The highest BCUT2D eigenvalue weighted by Crippen LogP contribution is 2.18. The Morgan fingerprint density at radius 3 is 1.40 bits per heavy atom. The first kappa shape index (κ1) is 45.9. The van der Waals surface area contributed by atoms with Gasteiger partial charge in [0.15, 0.2) is 0 Å². The van der Waals surface area contributed by atoms with Gasteiger partial charge in [-0.25, -0.2) is 0 Å². The largest absolute Gasteiger partial charge is 0.481 e. The van der Waals surface area contributed by atoms with Crippen LogP contribution < -0.4 is 0 Å². The van der Waals surface area contributed by atoms with Gasteiger partial charge in [0.25, 0.3) is 0 Å². The van der Waals surface area contributed by atoms with Crippen LogP contribution >= 0.6 is 0 Å². The van der Waals surface area contributed by atoms with E-state index in [0.717, 1.165) is 96.3 Å². The maximum absolute atomic E-state index is 12.7. The second-order valence-corrected chi connectivity index (χ2v) is 13.8. The van der Waals surface area contributed by atoms with E-state index < -0.39 is 5.97 Å². The molecule has 1 atom stereocenters. The molecule has 1 unspecified atom stereocenters. The molecule has 0 saturated heterocycles. The summed E-state index contributed by atoms with van der Waals surface area (Å²) in [5.41, 5.74) is 0. The molecule has 0 heterocycles. The lowest BCUT2D eigenvalue weighted by molar-refractivity contribution is -0.150. The molecule has 0 spiro atoms. The monoisotopic (exact) mass is 671 g/mol. The normalized spacial score (nSPS) is 12.7. The van der Waals surface area contributed by atoms with Gasteiger partial charge in [0.1, 0.15) is 6.10 Å². The average Bonchev–Trinajstić information content (AvgIpc) is 3.07. The highest BCUT2D eigenvalue weighted by atomic mass is 16.5. The zero-order valence-corrected chi connectivity index (χ0v) is 31.8. The molecule has 0 fully saturated rings. The van der Waals surface area contributed by atoms with E-state index in [-0.39, 0.29) is 18.5 Å². The molecular formula is C44H78O4. The van der Waals surface area contributed by atoms with Crippen molar-refractivity contribution in [2.75, 3.05) is 0 Å². The van der Waals surface area contributed by atoms with Crippen molar-refractivity contribution in [2.45, 2.75) is 219 Å². The highest BCUT2D eigenvalue weighted by Gasteiger charge is 2.14. The lowest BCUT2D eigenvalue weighted by Crippen LogP contribution is -2.18. The van der Waals surface area contributed by atoms with E-state index in [1.165, 1.54) is 89.9 Å². The molecular weight excluding hydrogens is 592 g/mol. The summed E-state index contributed by atoms with van der Waals surface area (Å²) in [5, 5.41) is 8.83. The second kappa shape index (κ2) is 39.3. The van der Waals surface area contributed by atoms with Crippen LogP contribution in [0.1, 0.15) is 213 Å². The van der Waals surface area contributed by atoms with Gasteiger partial charge in [0, 0.05) is 12.8 Å². The number of hydrogen-bond donors (Lipinski definition) is 1. The minimum absolute atomic E-state index is 0.0217. The molecule has 4 nitrogen and oxygen atoms in total. The number of carbonyl (C=O) groups is 2. The standard InChI is InChI=1S/C44H78O4/c1-3-5-7-9-11-13-15-17-19-21-23-25-27-30-34-38-42(39-35-31-29-32-36-40-43(45)46)48-44(47)41-37-33-28-26-24-22-20-18-16-14-12-10-8-6-4-2/h6,8,12,14,18,20-21,23,42H,3-5,7,9-11,13,15-17,19,22,24-41H2,1-2H3,(H,45,46)/b8-6-,14-12-,20-18-,23-21-. The first-order valence-electron chi connectivity index (χ1n) is 20.6. The van der Waals surface area contributed by atoms with Gasteiger partial charge in [-0.05, 0) is 96.3 Å². The number of rotatable bonds is 37. The van der Waals surface area contributed by atoms with Crippen molar-refractivity contribution in [3.63, 3.8) is 0 Å². The molecule has 0 aromatic carbocycles. The Morgan fingerprint density at radius 2 is 0.875 bits per heavy atom. The van der Waals surface area contributed by atoms with E-state index >= 15 is 0 Å². The van der Waals surface area contributed by atoms with E-state index in [4.69, 9.17) is 9.84 Å². The van der Waals surface area contributed by atoms with Gasteiger partial charge >= 0.3 is 11.9 Å². The van der Waals surface area contributed by atoms with Crippen molar-refractivity contribution >= 4 is 11.9 Å². The molecule has 0 aliphatic carbocycles. The summed E-state index contributed by atoms with van der Waals surface area (Å²) in [6, 6.07) is 0. The molecule has 0 aromatic rings. The van der Waals surface area contributed by atoms with Crippen LogP contribution in [0.5, 0.6) is 0 Å². The fourth-order valence-corrected chi connectivity index (χ4v) is 6.02. The number of ether oxygens (including phenoxy) is 1. The Balaban J connectivity index is 4.11. The van der Waals surface area contributed by atoms with Crippen LogP contribution in [-0.4, -0.2) is 23.1 Å². The fraction of sp³-hybridized carbons (Fsp3) is 0.773. The third kappa shape index (κ3) is 38.3. The Kier molecular flexibility index (Phi) is 37.6. The summed E-state index contributed by atoms with van der Waals surface area (Å²) < 4.78 is 6.00. The van der Waals surface area contributed by atoms with E-state index in [9.17, 15) is 9.59 Å². The lowest BCUT2D eigenvalue weighted by Gasteiger charge is -2.18. The van der Waals surface area contributed by atoms with Crippen LogP contribution in [0.4, 0.5) is 0 Å². The maximum Gasteiger partial charge on any atom is 0.306 e. The maximum atomic E-state index is 12.7. The van der Waals surface area contributed by atoms with Crippen molar-refractivity contribution in [3.05, 3.63) is 48.6 Å². The minimum Gasteiger partial charge on any atom is -0.481 e. The SMILES string of the molecule is CC/C=C\C/C=C\C/C=C\CCCCCCCC(=O)OC(CCCCC/C=C\CCCCCCCCCC)CCCCCCCC(=O)O. The molecule has 0 rings (SSSR count). The third-order valence-electron chi connectivity index (χ3n) is 9.03. The van der Waals surface area contributed by atoms with Gasteiger partial charge in [-0.15, -0.1) is 0 Å². The number of unbranched alkanes of at least 4 members (excludes halogenated alkanes) is 20. The molecule has 0 aliphatic rings. The summed E-state index contributed by atoms with van der Waals surface area (Å²) >= 11 is 0. The third-order valence-corrected chi connectivity index (χ3v) is 9.03. The smallest absolute Gasteiger partial charge is 0.306 e. The van der Waals surface area contributed by atoms with Crippen LogP contribution in [-0.2, 0) is 14.3 Å². The van der Waals surface area contributed by atoms with E-state index in [0.29, 0.717) is 6.42 Å². The molecule has 1 N–H and O–H groups in total. The minimum atomic E-state index is -0.705. The number of hydrogen-bond acceptors (Lipinski definition) is 3. The van der Waals surface area contributed by atoms with Crippen molar-refractivity contribution in [1.29, 1.82) is 0 Å². The Morgan fingerprint density at radius 1 is 0.479 bits per heavy atom. The average molecular weight is 671 g/mol. The van der Waals surface area contributed by atoms with Gasteiger partial charge in [-0.2, -0.15) is 0 Å². The van der Waals surface area contributed by atoms with Gasteiger partial charge in [0.2, 0.25) is 0 Å². The predicted octanol–water partition coefficient (Wildman–Crippen LogP) is 14.3.